The highest BCUT2D eigenvalue weighted by atomic mass is 16.5. The van der Waals surface area contributed by atoms with Gasteiger partial charge in [0, 0.05) is 25.9 Å². The Morgan fingerprint density at radius 1 is 1.35 bits per heavy atom. The van der Waals surface area contributed by atoms with Gasteiger partial charge in [0.25, 0.3) is 0 Å². The van der Waals surface area contributed by atoms with Gasteiger partial charge in [0.1, 0.15) is 18.2 Å². The number of likely N-dealkylation sites (tertiary alicyclic amines) is 1. The molecule has 1 fully saturated rings. The molecular weight excluding hydrogens is 214 g/mol. The summed E-state index contributed by atoms with van der Waals surface area (Å²) in [5.41, 5.74) is 0. The lowest BCUT2D eigenvalue weighted by molar-refractivity contribution is 0.183. The summed E-state index contributed by atoms with van der Waals surface area (Å²) < 4.78 is 5.73. The van der Waals surface area contributed by atoms with Crippen LogP contribution in [0.1, 0.15) is 19.3 Å². The van der Waals surface area contributed by atoms with Crippen molar-refractivity contribution in [2.45, 2.75) is 19.3 Å². The van der Waals surface area contributed by atoms with Crippen LogP contribution in [0, 0.1) is 0 Å². The quantitative estimate of drug-likeness (QED) is 0.847. The molecule has 1 aliphatic rings. The minimum atomic E-state index is 0.757. The van der Waals surface area contributed by atoms with Crippen LogP contribution in [0.25, 0.3) is 0 Å². The van der Waals surface area contributed by atoms with E-state index >= 15 is 0 Å². The van der Waals surface area contributed by atoms with Crippen molar-refractivity contribution in [3.05, 3.63) is 18.3 Å². The lowest BCUT2D eigenvalue weighted by Crippen LogP contribution is -2.33. The predicted molar refractivity (Wildman–Crippen MR) is 69.6 cm³/mol. The SMILES string of the molecule is CNc1cc(OCCN2CCCCC2)ccn1. The number of ether oxygens (including phenoxy) is 1. The van der Waals surface area contributed by atoms with E-state index in [9.17, 15) is 0 Å². The van der Waals surface area contributed by atoms with Gasteiger partial charge in [-0.25, -0.2) is 4.98 Å². The lowest BCUT2D eigenvalue weighted by atomic mass is 10.1. The second kappa shape index (κ2) is 6.45. The van der Waals surface area contributed by atoms with Crippen LogP contribution in [-0.2, 0) is 0 Å². The van der Waals surface area contributed by atoms with E-state index in [2.05, 4.69) is 15.2 Å². The van der Waals surface area contributed by atoms with Crippen molar-refractivity contribution in [3.63, 3.8) is 0 Å². The third kappa shape index (κ3) is 3.89. The minimum absolute atomic E-state index is 0.757. The van der Waals surface area contributed by atoms with Crippen LogP contribution in [0.15, 0.2) is 18.3 Å². The molecule has 17 heavy (non-hydrogen) atoms. The molecule has 94 valence electrons. The number of pyridine rings is 1. The van der Waals surface area contributed by atoms with Crippen LogP contribution in [0.4, 0.5) is 5.82 Å². The summed E-state index contributed by atoms with van der Waals surface area (Å²) in [7, 11) is 1.86. The topological polar surface area (TPSA) is 37.4 Å². The van der Waals surface area contributed by atoms with E-state index < -0.39 is 0 Å². The fraction of sp³-hybridized carbons (Fsp3) is 0.615. The van der Waals surface area contributed by atoms with Crippen molar-refractivity contribution >= 4 is 5.82 Å². The van der Waals surface area contributed by atoms with Gasteiger partial charge in [0.05, 0.1) is 0 Å². The highest BCUT2D eigenvalue weighted by molar-refractivity contribution is 5.39. The zero-order valence-electron chi connectivity index (χ0n) is 10.5. The third-order valence-electron chi connectivity index (χ3n) is 3.11. The maximum atomic E-state index is 5.73. The largest absolute Gasteiger partial charge is 0.492 e. The molecule has 0 bridgehead atoms. The number of aromatic nitrogens is 1. The Morgan fingerprint density at radius 3 is 2.94 bits per heavy atom. The second-order valence-corrected chi connectivity index (χ2v) is 4.38. The zero-order valence-corrected chi connectivity index (χ0v) is 10.5. The fourth-order valence-corrected chi connectivity index (χ4v) is 2.11. The van der Waals surface area contributed by atoms with Crippen molar-refractivity contribution in [2.24, 2.45) is 0 Å². The minimum Gasteiger partial charge on any atom is -0.492 e. The molecule has 1 saturated heterocycles. The van der Waals surface area contributed by atoms with E-state index in [1.165, 1.54) is 32.4 Å². The summed E-state index contributed by atoms with van der Waals surface area (Å²) >= 11 is 0. The average Bonchev–Trinajstić information content (AvgIpc) is 2.40. The van der Waals surface area contributed by atoms with Gasteiger partial charge in [-0.2, -0.15) is 0 Å². The van der Waals surface area contributed by atoms with Gasteiger partial charge in [-0.3, -0.25) is 4.90 Å². The Hall–Kier alpha value is -1.29. The first-order valence-electron chi connectivity index (χ1n) is 6.37. The Labute approximate surface area is 103 Å². The summed E-state index contributed by atoms with van der Waals surface area (Å²) in [6, 6.07) is 3.83. The Balaban J connectivity index is 1.73. The molecule has 1 aliphatic heterocycles. The average molecular weight is 235 g/mol. The molecule has 1 aromatic heterocycles. The molecule has 0 spiro atoms. The van der Waals surface area contributed by atoms with Gasteiger partial charge in [0.2, 0.25) is 0 Å². The van der Waals surface area contributed by atoms with Gasteiger partial charge < -0.3 is 10.1 Å². The molecule has 2 rings (SSSR count). The lowest BCUT2D eigenvalue weighted by Gasteiger charge is -2.26. The van der Waals surface area contributed by atoms with E-state index in [1.807, 2.05) is 19.2 Å². The maximum absolute atomic E-state index is 5.73. The summed E-state index contributed by atoms with van der Waals surface area (Å²) in [4.78, 5) is 6.63. The molecule has 0 aromatic carbocycles. The van der Waals surface area contributed by atoms with E-state index in [4.69, 9.17) is 4.74 Å². The summed E-state index contributed by atoms with van der Waals surface area (Å²) in [6.07, 6.45) is 5.81. The number of anilines is 1. The van der Waals surface area contributed by atoms with Crippen LogP contribution in [0.2, 0.25) is 0 Å². The standard InChI is InChI=1S/C13H21N3O/c1-14-13-11-12(5-6-15-13)17-10-9-16-7-3-2-4-8-16/h5-6,11H,2-4,7-10H2,1H3,(H,14,15). The van der Waals surface area contributed by atoms with Crippen LogP contribution in [-0.4, -0.2) is 43.2 Å². The van der Waals surface area contributed by atoms with Crippen molar-refractivity contribution in [3.8, 4) is 5.75 Å². The number of nitrogens with zero attached hydrogens (tertiary/aromatic N) is 2. The second-order valence-electron chi connectivity index (χ2n) is 4.38. The van der Waals surface area contributed by atoms with Gasteiger partial charge >= 0.3 is 0 Å². The molecule has 2 heterocycles. The molecule has 0 amide bonds. The normalized spacial score (nSPS) is 16.8. The van der Waals surface area contributed by atoms with Crippen LogP contribution >= 0.6 is 0 Å². The Kier molecular flexibility index (Phi) is 4.62. The van der Waals surface area contributed by atoms with E-state index in [1.54, 1.807) is 6.20 Å². The first kappa shape index (κ1) is 12.2. The van der Waals surface area contributed by atoms with Gasteiger partial charge in [-0.15, -0.1) is 0 Å². The van der Waals surface area contributed by atoms with E-state index in [0.29, 0.717) is 0 Å². The third-order valence-corrected chi connectivity index (χ3v) is 3.11. The van der Waals surface area contributed by atoms with Crippen molar-refractivity contribution < 1.29 is 4.74 Å². The molecule has 4 heteroatoms. The summed E-state index contributed by atoms with van der Waals surface area (Å²) in [5, 5.41) is 3.01. The van der Waals surface area contributed by atoms with Crippen molar-refractivity contribution in [1.29, 1.82) is 0 Å². The van der Waals surface area contributed by atoms with Crippen LogP contribution < -0.4 is 10.1 Å². The monoisotopic (exact) mass is 235 g/mol. The first-order chi connectivity index (χ1) is 8.38. The van der Waals surface area contributed by atoms with Crippen LogP contribution in [0.3, 0.4) is 0 Å². The smallest absolute Gasteiger partial charge is 0.129 e. The molecule has 1 aromatic rings. The fourth-order valence-electron chi connectivity index (χ4n) is 2.11. The molecule has 4 nitrogen and oxygen atoms in total. The Morgan fingerprint density at radius 2 is 2.18 bits per heavy atom. The molecule has 0 aliphatic carbocycles. The highest BCUT2D eigenvalue weighted by Crippen LogP contribution is 2.14. The van der Waals surface area contributed by atoms with Gasteiger partial charge in [0.15, 0.2) is 0 Å². The summed E-state index contributed by atoms with van der Waals surface area (Å²) in [6.45, 7) is 4.23. The number of nitrogens with one attached hydrogen (secondary N) is 1. The van der Waals surface area contributed by atoms with Crippen molar-refractivity contribution in [2.75, 3.05) is 38.6 Å². The molecule has 0 unspecified atom stereocenters. The highest BCUT2D eigenvalue weighted by Gasteiger charge is 2.09. The van der Waals surface area contributed by atoms with Gasteiger partial charge in [-0.1, -0.05) is 6.42 Å². The molecule has 0 radical (unpaired) electrons. The number of hydrogen-bond donors (Lipinski definition) is 1. The summed E-state index contributed by atoms with van der Waals surface area (Å²) in [5.74, 6) is 1.74. The number of rotatable bonds is 5. The maximum Gasteiger partial charge on any atom is 0.129 e. The molecular formula is C13H21N3O. The van der Waals surface area contributed by atoms with Crippen LogP contribution in [0.5, 0.6) is 5.75 Å². The molecule has 0 saturated carbocycles. The van der Waals surface area contributed by atoms with E-state index in [-0.39, 0.29) is 0 Å². The first-order valence-corrected chi connectivity index (χ1v) is 6.37. The zero-order chi connectivity index (χ0) is 11.9. The molecule has 1 N–H and O–H groups in total. The Bertz CT molecular complexity index is 337. The number of hydrogen-bond acceptors (Lipinski definition) is 4. The van der Waals surface area contributed by atoms with Gasteiger partial charge in [-0.05, 0) is 32.0 Å². The van der Waals surface area contributed by atoms with Crippen molar-refractivity contribution in [1.82, 2.24) is 9.88 Å². The van der Waals surface area contributed by atoms with E-state index in [0.717, 1.165) is 24.7 Å². The number of piperidine rings is 1. The molecule has 0 atom stereocenters. The predicted octanol–water partition coefficient (Wildman–Crippen LogP) is 1.99.